The summed E-state index contributed by atoms with van der Waals surface area (Å²) in [7, 11) is 0. The molecule has 0 bridgehead atoms. The second-order valence-corrected chi connectivity index (χ2v) is 3.12. The van der Waals surface area contributed by atoms with Crippen molar-refractivity contribution in [3.8, 4) is 0 Å². The Kier molecular flexibility index (Phi) is 6.26. The van der Waals surface area contributed by atoms with Crippen molar-refractivity contribution in [1.82, 2.24) is 10.6 Å². The first-order valence-electron chi connectivity index (χ1n) is 3.42. The highest BCUT2D eigenvalue weighted by molar-refractivity contribution is 7.99. The van der Waals surface area contributed by atoms with E-state index in [0.717, 1.165) is 0 Å². The van der Waals surface area contributed by atoms with Crippen LogP contribution in [0.1, 0.15) is 6.92 Å². The summed E-state index contributed by atoms with van der Waals surface area (Å²) in [6, 6.07) is 0. The number of carbonyl (C=O) groups is 2. The van der Waals surface area contributed by atoms with E-state index >= 15 is 0 Å². The minimum absolute atomic E-state index is 0.0678. The Balaban J connectivity index is 3.01. The molecule has 0 aromatic carbocycles. The monoisotopic (exact) mass is 192 g/mol. The van der Waals surface area contributed by atoms with E-state index in [-0.39, 0.29) is 5.91 Å². The Morgan fingerprint density at radius 2 is 2.08 bits per heavy atom. The van der Waals surface area contributed by atoms with E-state index in [4.69, 9.17) is 5.11 Å². The van der Waals surface area contributed by atoms with Gasteiger partial charge in [0.05, 0.1) is 5.88 Å². The fraction of sp³-hybridized carbons (Fsp3) is 0.667. The van der Waals surface area contributed by atoms with Gasteiger partial charge in [0, 0.05) is 19.2 Å². The fourth-order valence-corrected chi connectivity index (χ4v) is 1.10. The van der Waals surface area contributed by atoms with Crippen LogP contribution in [0.25, 0.3) is 0 Å². The summed E-state index contributed by atoms with van der Waals surface area (Å²) in [5.74, 6) is 0.996. The molecule has 2 amide bonds. The topological polar surface area (TPSA) is 78.4 Å². The zero-order valence-electron chi connectivity index (χ0n) is 6.79. The largest absolute Gasteiger partial charge is 0.465 e. The maximum absolute atomic E-state index is 10.4. The molecule has 0 heterocycles. The Morgan fingerprint density at radius 3 is 2.58 bits per heavy atom. The van der Waals surface area contributed by atoms with E-state index in [9.17, 15) is 9.59 Å². The van der Waals surface area contributed by atoms with Gasteiger partial charge in [0.25, 0.3) is 0 Å². The summed E-state index contributed by atoms with van der Waals surface area (Å²) < 4.78 is 0. The number of hydrogen-bond acceptors (Lipinski definition) is 3. The second-order valence-electron chi connectivity index (χ2n) is 2.02. The normalized spacial score (nSPS) is 9.08. The molecule has 0 atom stereocenters. The second kappa shape index (κ2) is 6.78. The van der Waals surface area contributed by atoms with Crippen LogP contribution < -0.4 is 10.6 Å². The molecular formula is C6H12N2O3S. The lowest BCUT2D eigenvalue weighted by molar-refractivity contribution is -0.118. The van der Waals surface area contributed by atoms with Crippen molar-refractivity contribution in [2.24, 2.45) is 0 Å². The summed E-state index contributed by atoms with van der Waals surface area (Å²) in [5, 5.41) is 13.0. The number of hydrogen-bond donors (Lipinski definition) is 3. The number of nitrogens with one attached hydrogen (secondary N) is 2. The van der Waals surface area contributed by atoms with Crippen LogP contribution in [0.4, 0.5) is 4.79 Å². The summed E-state index contributed by atoms with van der Waals surface area (Å²) in [5.41, 5.74) is 0. The van der Waals surface area contributed by atoms with Gasteiger partial charge >= 0.3 is 6.09 Å². The molecule has 0 spiro atoms. The highest BCUT2D eigenvalue weighted by atomic mass is 32.2. The zero-order valence-corrected chi connectivity index (χ0v) is 7.61. The van der Waals surface area contributed by atoms with Gasteiger partial charge in [0.15, 0.2) is 0 Å². The van der Waals surface area contributed by atoms with Crippen LogP contribution in [0.5, 0.6) is 0 Å². The molecule has 0 unspecified atom stereocenters. The third-order valence-electron chi connectivity index (χ3n) is 0.946. The van der Waals surface area contributed by atoms with Gasteiger partial charge in [-0.2, -0.15) is 0 Å². The van der Waals surface area contributed by atoms with Crippen LogP contribution in [0.3, 0.4) is 0 Å². The number of rotatable bonds is 5. The van der Waals surface area contributed by atoms with Crippen LogP contribution in [0.2, 0.25) is 0 Å². The third-order valence-corrected chi connectivity index (χ3v) is 1.79. The van der Waals surface area contributed by atoms with Crippen LogP contribution in [0, 0.1) is 0 Å². The van der Waals surface area contributed by atoms with E-state index in [0.29, 0.717) is 18.2 Å². The summed E-state index contributed by atoms with van der Waals surface area (Å²) in [6.07, 6.45) is -1.03. The molecule has 0 aliphatic rings. The molecule has 0 radical (unpaired) electrons. The van der Waals surface area contributed by atoms with E-state index in [1.807, 2.05) is 0 Å². The molecule has 12 heavy (non-hydrogen) atoms. The molecule has 0 aliphatic heterocycles. The number of carbonyl (C=O) groups excluding carboxylic acids is 1. The average Bonchev–Trinajstić information content (AvgIpc) is 1.95. The molecule has 0 aromatic heterocycles. The lowest BCUT2D eigenvalue weighted by Crippen LogP contribution is -2.24. The van der Waals surface area contributed by atoms with E-state index in [1.165, 1.54) is 18.7 Å². The van der Waals surface area contributed by atoms with Crippen LogP contribution in [0.15, 0.2) is 0 Å². The van der Waals surface area contributed by atoms with Crippen molar-refractivity contribution in [3.63, 3.8) is 0 Å². The van der Waals surface area contributed by atoms with Gasteiger partial charge < -0.3 is 15.7 Å². The minimum atomic E-state index is -1.03. The zero-order chi connectivity index (χ0) is 9.40. The van der Waals surface area contributed by atoms with E-state index < -0.39 is 6.09 Å². The Morgan fingerprint density at radius 1 is 1.42 bits per heavy atom. The molecule has 0 aliphatic carbocycles. The third kappa shape index (κ3) is 9.09. The van der Waals surface area contributed by atoms with Gasteiger partial charge in [0.1, 0.15) is 0 Å². The lowest BCUT2D eigenvalue weighted by Gasteiger charge is -2.01. The molecule has 70 valence electrons. The van der Waals surface area contributed by atoms with Crippen molar-refractivity contribution in [2.75, 3.05) is 18.2 Å². The molecule has 0 rings (SSSR count). The van der Waals surface area contributed by atoms with Crippen LogP contribution >= 0.6 is 11.8 Å². The highest BCUT2D eigenvalue weighted by Gasteiger charge is 1.93. The maximum Gasteiger partial charge on any atom is 0.405 e. The van der Waals surface area contributed by atoms with Gasteiger partial charge in [-0.05, 0) is 0 Å². The van der Waals surface area contributed by atoms with E-state index in [1.54, 1.807) is 0 Å². The molecule has 5 nitrogen and oxygen atoms in total. The molecule has 0 saturated carbocycles. The van der Waals surface area contributed by atoms with Gasteiger partial charge in [-0.15, -0.1) is 11.8 Å². The molecular weight excluding hydrogens is 180 g/mol. The van der Waals surface area contributed by atoms with Crippen molar-refractivity contribution >= 4 is 23.8 Å². The Hall–Kier alpha value is -0.910. The molecule has 6 heteroatoms. The first-order valence-corrected chi connectivity index (χ1v) is 4.57. The average molecular weight is 192 g/mol. The standard InChI is InChI=1S/C6H12N2O3S/c1-5(9)7-2-3-12-4-8-6(10)11/h8H,2-4H2,1H3,(H,7,9)(H,10,11). The number of amides is 2. The van der Waals surface area contributed by atoms with Crippen molar-refractivity contribution in [1.29, 1.82) is 0 Å². The summed E-state index contributed by atoms with van der Waals surface area (Å²) in [6.45, 7) is 2.02. The van der Waals surface area contributed by atoms with Crippen molar-refractivity contribution in [2.45, 2.75) is 6.92 Å². The Labute approximate surface area is 74.9 Å². The smallest absolute Gasteiger partial charge is 0.405 e. The molecule has 0 aromatic rings. The molecule has 3 N–H and O–H groups in total. The first kappa shape index (κ1) is 11.1. The van der Waals surface area contributed by atoms with Gasteiger partial charge in [-0.3, -0.25) is 4.79 Å². The van der Waals surface area contributed by atoms with E-state index in [2.05, 4.69) is 10.6 Å². The van der Waals surface area contributed by atoms with Crippen LogP contribution in [-0.4, -0.2) is 35.3 Å². The Bertz CT molecular complexity index is 145. The van der Waals surface area contributed by atoms with Gasteiger partial charge in [-0.25, -0.2) is 4.79 Å². The predicted octanol–water partition coefficient (Wildman–Crippen LogP) is 0.0808. The fourth-order valence-electron chi connectivity index (χ4n) is 0.484. The number of carboxylic acid groups (broad SMARTS) is 1. The lowest BCUT2D eigenvalue weighted by atomic mass is 10.6. The van der Waals surface area contributed by atoms with Crippen LogP contribution in [-0.2, 0) is 4.79 Å². The summed E-state index contributed by atoms with van der Waals surface area (Å²) >= 11 is 1.42. The molecule has 0 fully saturated rings. The minimum Gasteiger partial charge on any atom is -0.465 e. The van der Waals surface area contributed by atoms with Gasteiger partial charge in [0.2, 0.25) is 5.91 Å². The molecule has 0 saturated heterocycles. The summed E-state index contributed by atoms with van der Waals surface area (Å²) in [4.78, 5) is 20.3. The number of thioether (sulfide) groups is 1. The van der Waals surface area contributed by atoms with Crippen molar-refractivity contribution < 1.29 is 14.7 Å². The SMILES string of the molecule is CC(=O)NCCSCNC(=O)O. The van der Waals surface area contributed by atoms with Crippen molar-refractivity contribution in [3.05, 3.63) is 0 Å². The quantitative estimate of drug-likeness (QED) is 0.426. The van der Waals surface area contributed by atoms with Gasteiger partial charge in [-0.1, -0.05) is 0 Å². The predicted molar refractivity (Wildman–Crippen MR) is 47.2 cm³/mol. The first-order chi connectivity index (χ1) is 5.63. The highest BCUT2D eigenvalue weighted by Crippen LogP contribution is 1.93. The maximum atomic E-state index is 10.4.